The van der Waals surface area contributed by atoms with Crippen molar-refractivity contribution >= 4 is 29.0 Å². The molecule has 0 fully saturated rings. The van der Waals surface area contributed by atoms with Crippen LogP contribution in [0.25, 0.3) is 0 Å². The van der Waals surface area contributed by atoms with Crippen LogP contribution in [-0.2, 0) is 4.79 Å². The van der Waals surface area contributed by atoms with Gasteiger partial charge >= 0.3 is 0 Å². The van der Waals surface area contributed by atoms with Gasteiger partial charge in [0, 0.05) is 12.1 Å². The van der Waals surface area contributed by atoms with E-state index in [1.54, 1.807) is 17.0 Å². The molecule has 1 unspecified atom stereocenters. The summed E-state index contributed by atoms with van der Waals surface area (Å²) in [7, 11) is 0. The van der Waals surface area contributed by atoms with Crippen LogP contribution in [0.1, 0.15) is 29.9 Å². The Hall–Kier alpha value is -2.15. The lowest BCUT2D eigenvalue weighted by Gasteiger charge is -2.27. The number of rotatable bonds is 6. The van der Waals surface area contributed by atoms with Crippen LogP contribution in [0.5, 0.6) is 0 Å². The molecule has 2 aromatic rings. The molecule has 0 saturated heterocycles. The van der Waals surface area contributed by atoms with E-state index in [9.17, 15) is 9.59 Å². The SMILES string of the molecule is CCC(C)N(CC(=O)Nc1ccon1)C(=O)c1cccs1. The second-order valence-electron chi connectivity index (χ2n) is 4.60. The van der Waals surface area contributed by atoms with Gasteiger partial charge in [0.1, 0.15) is 12.8 Å². The van der Waals surface area contributed by atoms with E-state index in [2.05, 4.69) is 15.0 Å². The highest BCUT2D eigenvalue weighted by Gasteiger charge is 2.23. The molecule has 0 aromatic carbocycles. The zero-order valence-electron chi connectivity index (χ0n) is 11.9. The molecule has 112 valence electrons. The van der Waals surface area contributed by atoms with Gasteiger partial charge in [-0.15, -0.1) is 11.3 Å². The standard InChI is InChI=1S/C14H17N3O3S/c1-3-10(2)17(14(19)11-5-4-8-21-11)9-13(18)15-12-6-7-20-16-12/h4-8,10H,3,9H2,1-2H3,(H,15,16,18). The molecule has 21 heavy (non-hydrogen) atoms. The number of amides is 2. The van der Waals surface area contributed by atoms with E-state index in [0.29, 0.717) is 10.7 Å². The van der Waals surface area contributed by atoms with Crippen LogP contribution < -0.4 is 5.32 Å². The minimum atomic E-state index is -0.297. The van der Waals surface area contributed by atoms with Gasteiger partial charge in [0.2, 0.25) is 5.91 Å². The molecule has 2 heterocycles. The van der Waals surface area contributed by atoms with Gasteiger partial charge in [-0.25, -0.2) is 0 Å². The third-order valence-corrected chi connectivity index (χ3v) is 3.99. The van der Waals surface area contributed by atoms with Crippen LogP contribution in [0.2, 0.25) is 0 Å². The Labute approximate surface area is 126 Å². The largest absolute Gasteiger partial charge is 0.363 e. The molecule has 2 aromatic heterocycles. The molecular weight excluding hydrogens is 290 g/mol. The van der Waals surface area contributed by atoms with Crippen LogP contribution in [0.15, 0.2) is 34.4 Å². The van der Waals surface area contributed by atoms with Gasteiger partial charge in [0.05, 0.1) is 4.88 Å². The molecular formula is C14H17N3O3S. The first kappa shape index (κ1) is 15.2. The first-order chi connectivity index (χ1) is 10.1. The average molecular weight is 307 g/mol. The number of nitrogens with one attached hydrogen (secondary N) is 1. The third kappa shape index (κ3) is 3.91. The Bertz CT molecular complexity index is 581. The van der Waals surface area contributed by atoms with Gasteiger partial charge in [-0.05, 0) is 24.8 Å². The number of nitrogens with zero attached hydrogens (tertiary/aromatic N) is 2. The van der Waals surface area contributed by atoms with E-state index in [-0.39, 0.29) is 24.4 Å². The molecule has 0 radical (unpaired) electrons. The van der Waals surface area contributed by atoms with Crippen molar-refractivity contribution in [3.63, 3.8) is 0 Å². The van der Waals surface area contributed by atoms with Crippen LogP contribution in [0.4, 0.5) is 5.82 Å². The van der Waals surface area contributed by atoms with Crippen LogP contribution >= 0.6 is 11.3 Å². The highest BCUT2D eigenvalue weighted by Crippen LogP contribution is 2.15. The summed E-state index contributed by atoms with van der Waals surface area (Å²) in [6, 6.07) is 5.11. The molecule has 2 rings (SSSR count). The Morgan fingerprint density at radius 3 is 2.86 bits per heavy atom. The summed E-state index contributed by atoms with van der Waals surface area (Å²) >= 11 is 1.37. The number of hydrogen-bond donors (Lipinski definition) is 1. The van der Waals surface area contributed by atoms with Gasteiger partial charge in [-0.2, -0.15) is 0 Å². The Balaban J connectivity index is 2.06. The lowest BCUT2D eigenvalue weighted by atomic mass is 10.2. The molecule has 0 bridgehead atoms. The van der Waals surface area contributed by atoms with E-state index in [4.69, 9.17) is 0 Å². The van der Waals surface area contributed by atoms with Crippen molar-refractivity contribution in [2.24, 2.45) is 0 Å². The second-order valence-corrected chi connectivity index (χ2v) is 5.55. The summed E-state index contributed by atoms with van der Waals surface area (Å²) < 4.78 is 4.65. The predicted molar refractivity (Wildman–Crippen MR) is 80.2 cm³/mol. The van der Waals surface area contributed by atoms with Gasteiger partial charge < -0.3 is 14.7 Å². The fourth-order valence-corrected chi connectivity index (χ4v) is 2.48. The summed E-state index contributed by atoms with van der Waals surface area (Å²) in [5.41, 5.74) is 0. The minimum absolute atomic E-state index is 0.0153. The highest BCUT2D eigenvalue weighted by molar-refractivity contribution is 7.12. The van der Waals surface area contributed by atoms with Crippen molar-refractivity contribution in [2.45, 2.75) is 26.3 Å². The van der Waals surface area contributed by atoms with Gasteiger partial charge in [0.15, 0.2) is 5.82 Å². The molecule has 6 nitrogen and oxygen atoms in total. The van der Waals surface area contributed by atoms with Crippen molar-refractivity contribution in [2.75, 3.05) is 11.9 Å². The Morgan fingerprint density at radius 1 is 1.48 bits per heavy atom. The molecule has 0 aliphatic rings. The summed E-state index contributed by atoms with van der Waals surface area (Å²) in [5, 5.41) is 8.06. The van der Waals surface area contributed by atoms with Crippen molar-refractivity contribution in [1.29, 1.82) is 0 Å². The van der Waals surface area contributed by atoms with Crippen LogP contribution in [0.3, 0.4) is 0 Å². The summed E-state index contributed by atoms with van der Waals surface area (Å²) in [5.74, 6) is -0.0866. The van der Waals surface area contributed by atoms with Gasteiger partial charge in [0.25, 0.3) is 5.91 Å². The average Bonchev–Trinajstić information content (AvgIpc) is 3.16. The first-order valence-corrected chi connectivity index (χ1v) is 7.54. The number of hydrogen-bond acceptors (Lipinski definition) is 5. The molecule has 0 aliphatic carbocycles. The molecule has 7 heteroatoms. The van der Waals surface area contributed by atoms with E-state index in [0.717, 1.165) is 6.42 Å². The van der Waals surface area contributed by atoms with E-state index < -0.39 is 0 Å². The van der Waals surface area contributed by atoms with Crippen molar-refractivity contribution in [3.05, 3.63) is 34.7 Å². The zero-order chi connectivity index (χ0) is 15.2. The molecule has 0 spiro atoms. The smallest absolute Gasteiger partial charge is 0.264 e. The topological polar surface area (TPSA) is 75.4 Å². The number of aromatic nitrogens is 1. The predicted octanol–water partition coefficient (Wildman–Crippen LogP) is 2.62. The molecule has 0 saturated carbocycles. The lowest BCUT2D eigenvalue weighted by Crippen LogP contribution is -2.43. The highest BCUT2D eigenvalue weighted by atomic mass is 32.1. The van der Waals surface area contributed by atoms with Crippen molar-refractivity contribution in [1.82, 2.24) is 10.1 Å². The van der Waals surface area contributed by atoms with Crippen LogP contribution in [0, 0.1) is 0 Å². The van der Waals surface area contributed by atoms with E-state index in [1.165, 1.54) is 17.6 Å². The molecule has 1 atom stereocenters. The fourth-order valence-electron chi connectivity index (χ4n) is 1.80. The first-order valence-electron chi connectivity index (χ1n) is 6.66. The summed E-state index contributed by atoms with van der Waals surface area (Å²) in [4.78, 5) is 26.7. The normalized spacial score (nSPS) is 11.9. The van der Waals surface area contributed by atoms with Crippen LogP contribution in [-0.4, -0.2) is 34.5 Å². The summed E-state index contributed by atoms with van der Waals surface area (Å²) in [6.07, 6.45) is 2.15. The maximum Gasteiger partial charge on any atom is 0.264 e. The van der Waals surface area contributed by atoms with E-state index in [1.807, 2.05) is 25.3 Å². The van der Waals surface area contributed by atoms with Crippen molar-refractivity contribution < 1.29 is 14.1 Å². The number of carbonyl (C=O) groups is 2. The fraction of sp³-hybridized carbons (Fsp3) is 0.357. The maximum absolute atomic E-state index is 12.5. The summed E-state index contributed by atoms with van der Waals surface area (Å²) in [6.45, 7) is 3.89. The minimum Gasteiger partial charge on any atom is -0.363 e. The van der Waals surface area contributed by atoms with Crippen molar-refractivity contribution in [3.8, 4) is 0 Å². The number of anilines is 1. The van der Waals surface area contributed by atoms with E-state index >= 15 is 0 Å². The zero-order valence-corrected chi connectivity index (χ0v) is 12.7. The maximum atomic E-state index is 12.5. The molecule has 0 aliphatic heterocycles. The second kappa shape index (κ2) is 7.03. The van der Waals surface area contributed by atoms with Gasteiger partial charge in [-0.3, -0.25) is 9.59 Å². The monoisotopic (exact) mass is 307 g/mol. The quantitative estimate of drug-likeness (QED) is 0.890. The Morgan fingerprint density at radius 2 is 2.29 bits per heavy atom. The number of carbonyl (C=O) groups excluding carboxylic acids is 2. The van der Waals surface area contributed by atoms with Gasteiger partial charge in [-0.1, -0.05) is 18.1 Å². The third-order valence-electron chi connectivity index (χ3n) is 3.13. The lowest BCUT2D eigenvalue weighted by molar-refractivity contribution is -0.117. The number of thiophene rings is 1. The molecule has 2 amide bonds. The molecule has 1 N–H and O–H groups in total. The Kier molecular flexibility index (Phi) is 5.10.